The van der Waals surface area contributed by atoms with E-state index in [9.17, 15) is 4.79 Å². The van der Waals surface area contributed by atoms with Crippen molar-refractivity contribution >= 4 is 17.3 Å². The number of rotatable bonds is 5. The predicted octanol–water partition coefficient (Wildman–Crippen LogP) is 4.79. The van der Waals surface area contributed by atoms with E-state index in [1.165, 1.54) is 11.1 Å². The highest BCUT2D eigenvalue weighted by Crippen LogP contribution is 2.22. The Morgan fingerprint density at radius 3 is 2.09 bits per heavy atom. The molecule has 0 aromatic heterocycles. The van der Waals surface area contributed by atoms with Crippen LogP contribution in [0.5, 0.6) is 0 Å². The molecule has 0 heterocycles. The third-order valence-electron chi connectivity index (χ3n) is 3.97. The van der Waals surface area contributed by atoms with Gasteiger partial charge in [0.25, 0.3) is 0 Å². The van der Waals surface area contributed by atoms with Gasteiger partial charge in [0.05, 0.1) is 6.54 Å². The molecule has 3 heteroatoms. The maximum atomic E-state index is 12.2. The highest BCUT2D eigenvalue weighted by molar-refractivity contribution is 5.95. The number of nitrogens with one attached hydrogen (secondary N) is 2. The Labute approximate surface area is 139 Å². The van der Waals surface area contributed by atoms with Gasteiger partial charge in [-0.15, -0.1) is 0 Å². The first-order chi connectivity index (χ1) is 10.9. The largest absolute Gasteiger partial charge is 0.376 e. The second-order valence-electron chi connectivity index (χ2n) is 6.45. The van der Waals surface area contributed by atoms with E-state index in [0.29, 0.717) is 5.92 Å². The van der Waals surface area contributed by atoms with E-state index in [1.54, 1.807) is 0 Å². The van der Waals surface area contributed by atoms with Gasteiger partial charge in [0, 0.05) is 11.4 Å². The van der Waals surface area contributed by atoms with Crippen LogP contribution in [0.25, 0.3) is 0 Å². The fourth-order valence-electron chi connectivity index (χ4n) is 2.73. The van der Waals surface area contributed by atoms with Gasteiger partial charge >= 0.3 is 0 Å². The van der Waals surface area contributed by atoms with Gasteiger partial charge in [0.1, 0.15) is 0 Å². The zero-order chi connectivity index (χ0) is 17.0. The summed E-state index contributed by atoms with van der Waals surface area (Å²) < 4.78 is 0. The third kappa shape index (κ3) is 4.59. The SMILES string of the molecule is Cc1cc(C)c(NC(=O)CNc2ccc(C(C)C)cc2)c(C)c1. The maximum absolute atomic E-state index is 12.2. The van der Waals surface area contributed by atoms with Crippen LogP contribution >= 0.6 is 0 Å². The fraction of sp³-hybridized carbons (Fsp3) is 0.350. The molecule has 0 saturated carbocycles. The van der Waals surface area contributed by atoms with Crippen LogP contribution in [0.4, 0.5) is 11.4 Å². The number of carbonyl (C=O) groups is 1. The lowest BCUT2D eigenvalue weighted by Gasteiger charge is -2.14. The summed E-state index contributed by atoms with van der Waals surface area (Å²) in [5, 5.41) is 6.17. The molecule has 0 fully saturated rings. The second kappa shape index (κ2) is 7.32. The van der Waals surface area contributed by atoms with Crippen LogP contribution in [0.15, 0.2) is 36.4 Å². The van der Waals surface area contributed by atoms with Crippen LogP contribution in [-0.4, -0.2) is 12.5 Å². The molecule has 3 nitrogen and oxygen atoms in total. The van der Waals surface area contributed by atoms with Gasteiger partial charge in [-0.1, -0.05) is 43.7 Å². The molecule has 0 atom stereocenters. The standard InChI is InChI=1S/C20H26N2O/c1-13(2)17-6-8-18(9-7-17)21-12-19(23)22-20-15(4)10-14(3)11-16(20)5/h6-11,13,21H,12H2,1-5H3,(H,22,23). The highest BCUT2D eigenvalue weighted by atomic mass is 16.1. The third-order valence-corrected chi connectivity index (χ3v) is 3.97. The molecule has 1 amide bonds. The highest BCUT2D eigenvalue weighted by Gasteiger charge is 2.08. The van der Waals surface area contributed by atoms with Crippen LogP contribution in [-0.2, 0) is 4.79 Å². The van der Waals surface area contributed by atoms with Crippen LogP contribution in [0.2, 0.25) is 0 Å². The minimum Gasteiger partial charge on any atom is -0.376 e. The van der Waals surface area contributed by atoms with E-state index in [-0.39, 0.29) is 12.5 Å². The molecule has 0 aliphatic heterocycles. The molecular formula is C20H26N2O. The number of hydrogen-bond donors (Lipinski definition) is 2. The number of carbonyl (C=O) groups excluding carboxylic acids is 1. The van der Waals surface area contributed by atoms with Crippen molar-refractivity contribution in [1.29, 1.82) is 0 Å². The fourth-order valence-corrected chi connectivity index (χ4v) is 2.73. The summed E-state index contributed by atoms with van der Waals surface area (Å²) >= 11 is 0. The molecule has 0 spiro atoms. The zero-order valence-electron chi connectivity index (χ0n) is 14.7. The van der Waals surface area contributed by atoms with E-state index in [2.05, 4.69) is 55.7 Å². The lowest BCUT2D eigenvalue weighted by molar-refractivity contribution is -0.114. The quantitative estimate of drug-likeness (QED) is 0.834. The van der Waals surface area contributed by atoms with Crippen molar-refractivity contribution in [1.82, 2.24) is 0 Å². The summed E-state index contributed by atoms with van der Waals surface area (Å²) in [5.41, 5.74) is 6.57. The van der Waals surface area contributed by atoms with Gasteiger partial charge in [-0.05, 0) is 55.5 Å². The first-order valence-corrected chi connectivity index (χ1v) is 8.08. The summed E-state index contributed by atoms with van der Waals surface area (Å²) in [6.45, 7) is 10.7. The average Bonchev–Trinajstić information content (AvgIpc) is 2.49. The van der Waals surface area contributed by atoms with Gasteiger partial charge in [0.15, 0.2) is 0 Å². The Morgan fingerprint density at radius 1 is 1.00 bits per heavy atom. The molecule has 2 rings (SSSR count). The predicted molar refractivity (Wildman–Crippen MR) is 98.3 cm³/mol. The first kappa shape index (κ1) is 17.1. The van der Waals surface area contributed by atoms with Gasteiger partial charge in [0.2, 0.25) is 5.91 Å². The molecule has 0 unspecified atom stereocenters. The Bertz CT molecular complexity index is 664. The summed E-state index contributed by atoms with van der Waals surface area (Å²) in [6, 6.07) is 12.4. The van der Waals surface area contributed by atoms with E-state index in [4.69, 9.17) is 0 Å². The molecule has 23 heavy (non-hydrogen) atoms. The molecule has 122 valence electrons. The Kier molecular flexibility index (Phi) is 5.43. The van der Waals surface area contributed by atoms with E-state index < -0.39 is 0 Å². The number of anilines is 2. The van der Waals surface area contributed by atoms with Crippen molar-refractivity contribution in [3.63, 3.8) is 0 Å². The Hall–Kier alpha value is -2.29. The zero-order valence-corrected chi connectivity index (χ0v) is 14.7. The van der Waals surface area contributed by atoms with Crippen molar-refractivity contribution in [2.45, 2.75) is 40.5 Å². The summed E-state index contributed by atoms with van der Waals surface area (Å²) in [4.78, 5) is 12.2. The van der Waals surface area contributed by atoms with Gasteiger partial charge < -0.3 is 10.6 Å². The van der Waals surface area contributed by atoms with Crippen molar-refractivity contribution in [3.8, 4) is 0 Å². The lowest BCUT2D eigenvalue weighted by atomic mass is 10.0. The van der Waals surface area contributed by atoms with Crippen molar-refractivity contribution in [2.24, 2.45) is 0 Å². The van der Waals surface area contributed by atoms with E-state index in [1.807, 2.05) is 26.0 Å². The molecule has 2 aromatic rings. The summed E-state index contributed by atoms with van der Waals surface area (Å²) in [6.07, 6.45) is 0. The molecule has 0 aliphatic rings. The van der Waals surface area contributed by atoms with Crippen molar-refractivity contribution in [3.05, 3.63) is 58.7 Å². The smallest absolute Gasteiger partial charge is 0.243 e. The molecule has 0 radical (unpaired) electrons. The monoisotopic (exact) mass is 310 g/mol. The lowest BCUT2D eigenvalue weighted by Crippen LogP contribution is -2.22. The molecular weight excluding hydrogens is 284 g/mol. The summed E-state index contributed by atoms with van der Waals surface area (Å²) in [7, 11) is 0. The maximum Gasteiger partial charge on any atom is 0.243 e. The van der Waals surface area contributed by atoms with Crippen LogP contribution in [0.1, 0.15) is 42.0 Å². The van der Waals surface area contributed by atoms with E-state index >= 15 is 0 Å². The molecule has 0 bridgehead atoms. The molecule has 2 N–H and O–H groups in total. The Morgan fingerprint density at radius 2 is 1.57 bits per heavy atom. The first-order valence-electron chi connectivity index (χ1n) is 8.08. The molecule has 2 aromatic carbocycles. The number of aryl methyl sites for hydroxylation is 3. The number of amides is 1. The minimum atomic E-state index is -0.0343. The van der Waals surface area contributed by atoms with Crippen LogP contribution in [0, 0.1) is 20.8 Å². The van der Waals surface area contributed by atoms with Gasteiger partial charge in [-0.25, -0.2) is 0 Å². The number of benzene rings is 2. The average molecular weight is 310 g/mol. The summed E-state index contributed by atoms with van der Waals surface area (Å²) in [5.74, 6) is 0.479. The topological polar surface area (TPSA) is 41.1 Å². The minimum absolute atomic E-state index is 0.0343. The van der Waals surface area contributed by atoms with Crippen molar-refractivity contribution < 1.29 is 4.79 Å². The Balaban J connectivity index is 1.95. The molecule has 0 aliphatic carbocycles. The normalized spacial score (nSPS) is 10.7. The van der Waals surface area contributed by atoms with Gasteiger partial charge in [-0.3, -0.25) is 4.79 Å². The number of hydrogen-bond acceptors (Lipinski definition) is 2. The van der Waals surface area contributed by atoms with Crippen molar-refractivity contribution in [2.75, 3.05) is 17.2 Å². The van der Waals surface area contributed by atoms with Gasteiger partial charge in [-0.2, -0.15) is 0 Å². The molecule has 0 saturated heterocycles. The van der Waals surface area contributed by atoms with Crippen LogP contribution < -0.4 is 10.6 Å². The van der Waals surface area contributed by atoms with Crippen LogP contribution in [0.3, 0.4) is 0 Å². The second-order valence-corrected chi connectivity index (χ2v) is 6.45. The van der Waals surface area contributed by atoms with E-state index in [0.717, 1.165) is 22.5 Å².